The first-order chi connectivity index (χ1) is 15.7. The molecular formula is C24H19N3O4S. The molecule has 1 N–H and O–H groups in total. The highest BCUT2D eigenvalue weighted by atomic mass is 32.2. The third-order valence-electron chi connectivity index (χ3n) is 4.88. The van der Waals surface area contributed by atoms with E-state index in [0.29, 0.717) is 22.6 Å². The SMILES string of the molecule is O=C(CSc1nnc(-c2ccc3c(c2)OCO3)o1)Nc1ccccc1Cc1ccccc1. The van der Waals surface area contributed by atoms with Crippen LogP contribution in [0, 0.1) is 0 Å². The standard InChI is InChI=1S/C24H19N3O4S/c28-22(25-19-9-5-4-8-17(19)12-16-6-2-1-3-7-16)14-32-24-27-26-23(31-24)18-10-11-20-21(13-18)30-15-29-20/h1-11,13H,12,14-15H2,(H,25,28). The molecule has 160 valence electrons. The maximum atomic E-state index is 12.5. The molecule has 3 aromatic carbocycles. The monoisotopic (exact) mass is 445 g/mol. The second-order valence-corrected chi connectivity index (χ2v) is 8.02. The van der Waals surface area contributed by atoms with Crippen molar-refractivity contribution in [3.8, 4) is 23.0 Å². The van der Waals surface area contributed by atoms with Crippen LogP contribution in [0.3, 0.4) is 0 Å². The summed E-state index contributed by atoms with van der Waals surface area (Å²) in [6, 6.07) is 23.4. The largest absolute Gasteiger partial charge is 0.454 e. The Balaban J connectivity index is 1.20. The summed E-state index contributed by atoms with van der Waals surface area (Å²) in [6.07, 6.45) is 0.743. The first-order valence-electron chi connectivity index (χ1n) is 10.0. The molecule has 0 radical (unpaired) electrons. The lowest BCUT2D eigenvalue weighted by Crippen LogP contribution is -2.15. The molecule has 0 spiro atoms. The van der Waals surface area contributed by atoms with E-state index in [-0.39, 0.29) is 18.5 Å². The Kier molecular flexibility index (Phi) is 5.76. The molecule has 0 saturated carbocycles. The van der Waals surface area contributed by atoms with Crippen LogP contribution in [0.5, 0.6) is 11.5 Å². The number of anilines is 1. The number of nitrogens with one attached hydrogen (secondary N) is 1. The van der Waals surface area contributed by atoms with Gasteiger partial charge in [0.25, 0.3) is 5.22 Å². The van der Waals surface area contributed by atoms with E-state index in [1.165, 1.54) is 17.3 Å². The highest BCUT2D eigenvalue weighted by Crippen LogP contribution is 2.36. The van der Waals surface area contributed by atoms with Crippen molar-refractivity contribution in [2.45, 2.75) is 11.6 Å². The number of benzene rings is 3. The number of aromatic nitrogens is 2. The molecule has 0 fully saturated rings. The van der Waals surface area contributed by atoms with Crippen molar-refractivity contribution in [3.05, 3.63) is 83.9 Å². The molecule has 32 heavy (non-hydrogen) atoms. The highest BCUT2D eigenvalue weighted by molar-refractivity contribution is 7.99. The van der Waals surface area contributed by atoms with Crippen LogP contribution in [-0.4, -0.2) is 28.7 Å². The summed E-state index contributed by atoms with van der Waals surface area (Å²) in [5, 5.41) is 11.4. The van der Waals surface area contributed by atoms with E-state index in [4.69, 9.17) is 13.9 Å². The number of carbonyl (C=O) groups is 1. The number of ether oxygens (including phenoxy) is 2. The lowest BCUT2D eigenvalue weighted by atomic mass is 10.0. The second kappa shape index (κ2) is 9.15. The quantitative estimate of drug-likeness (QED) is 0.409. The van der Waals surface area contributed by atoms with Gasteiger partial charge in [0.2, 0.25) is 18.6 Å². The number of thioether (sulfide) groups is 1. The van der Waals surface area contributed by atoms with E-state index in [1.54, 1.807) is 12.1 Å². The summed E-state index contributed by atoms with van der Waals surface area (Å²) in [4.78, 5) is 12.5. The number of para-hydroxylation sites is 1. The minimum Gasteiger partial charge on any atom is -0.454 e. The summed E-state index contributed by atoms with van der Waals surface area (Å²) < 4.78 is 16.4. The number of amides is 1. The normalized spacial score (nSPS) is 12.0. The summed E-state index contributed by atoms with van der Waals surface area (Å²) in [5.74, 6) is 1.70. The summed E-state index contributed by atoms with van der Waals surface area (Å²) in [5.41, 5.74) is 3.77. The predicted octanol–water partition coefficient (Wildman–Crippen LogP) is 4.79. The van der Waals surface area contributed by atoms with Crippen LogP contribution in [0.15, 0.2) is 82.4 Å². The molecule has 2 heterocycles. The van der Waals surface area contributed by atoms with Gasteiger partial charge in [0.15, 0.2) is 11.5 Å². The third-order valence-corrected chi connectivity index (χ3v) is 5.70. The molecule has 0 bridgehead atoms. The lowest BCUT2D eigenvalue weighted by Gasteiger charge is -2.11. The molecule has 0 atom stereocenters. The van der Waals surface area contributed by atoms with Crippen LogP contribution in [-0.2, 0) is 11.2 Å². The Morgan fingerprint density at radius 1 is 0.938 bits per heavy atom. The number of hydrogen-bond acceptors (Lipinski definition) is 7. The molecule has 8 heteroatoms. The van der Waals surface area contributed by atoms with Gasteiger partial charge >= 0.3 is 0 Å². The Hall–Kier alpha value is -3.78. The van der Waals surface area contributed by atoms with Gasteiger partial charge in [-0.15, -0.1) is 10.2 Å². The molecular weight excluding hydrogens is 426 g/mol. The van der Waals surface area contributed by atoms with Gasteiger partial charge in [0.05, 0.1) is 5.75 Å². The van der Waals surface area contributed by atoms with Crippen LogP contribution in [0.4, 0.5) is 5.69 Å². The van der Waals surface area contributed by atoms with Crippen molar-refractivity contribution in [1.82, 2.24) is 10.2 Å². The van der Waals surface area contributed by atoms with Gasteiger partial charge < -0.3 is 19.2 Å². The molecule has 1 amide bonds. The van der Waals surface area contributed by atoms with Crippen molar-refractivity contribution in [3.63, 3.8) is 0 Å². The smallest absolute Gasteiger partial charge is 0.277 e. The fraction of sp³-hybridized carbons (Fsp3) is 0.125. The minimum absolute atomic E-state index is 0.140. The molecule has 0 unspecified atom stereocenters. The highest BCUT2D eigenvalue weighted by Gasteiger charge is 2.17. The van der Waals surface area contributed by atoms with Gasteiger partial charge in [0.1, 0.15) is 0 Å². The van der Waals surface area contributed by atoms with Crippen molar-refractivity contribution in [2.75, 3.05) is 17.9 Å². The zero-order valence-electron chi connectivity index (χ0n) is 17.0. The van der Waals surface area contributed by atoms with Gasteiger partial charge in [0, 0.05) is 11.3 Å². The Morgan fingerprint density at radius 2 is 1.75 bits per heavy atom. The van der Waals surface area contributed by atoms with Gasteiger partial charge in [-0.2, -0.15) is 0 Å². The predicted molar refractivity (Wildman–Crippen MR) is 121 cm³/mol. The van der Waals surface area contributed by atoms with Gasteiger partial charge in [-0.1, -0.05) is 60.3 Å². The third kappa shape index (κ3) is 4.60. The molecule has 7 nitrogen and oxygen atoms in total. The van der Waals surface area contributed by atoms with E-state index < -0.39 is 0 Å². The zero-order valence-corrected chi connectivity index (χ0v) is 17.8. The van der Waals surface area contributed by atoms with Gasteiger partial charge in [-0.25, -0.2) is 0 Å². The molecule has 0 aliphatic carbocycles. The molecule has 1 aliphatic rings. The fourth-order valence-corrected chi connectivity index (χ4v) is 3.90. The van der Waals surface area contributed by atoms with Crippen LogP contribution < -0.4 is 14.8 Å². The summed E-state index contributed by atoms with van der Waals surface area (Å²) in [6.45, 7) is 0.202. The maximum Gasteiger partial charge on any atom is 0.277 e. The second-order valence-electron chi connectivity index (χ2n) is 7.10. The molecule has 4 aromatic rings. The van der Waals surface area contributed by atoms with Crippen LogP contribution in [0.25, 0.3) is 11.5 Å². The molecule has 1 aliphatic heterocycles. The first kappa shape index (κ1) is 20.1. The van der Waals surface area contributed by atoms with Crippen LogP contribution >= 0.6 is 11.8 Å². The molecule has 1 aromatic heterocycles. The zero-order chi connectivity index (χ0) is 21.8. The number of fused-ring (bicyclic) bond motifs is 1. The van der Waals surface area contributed by atoms with E-state index in [2.05, 4.69) is 27.6 Å². The Bertz CT molecular complexity index is 1240. The average Bonchev–Trinajstić information content (AvgIpc) is 3.49. The van der Waals surface area contributed by atoms with Crippen LogP contribution in [0.2, 0.25) is 0 Å². The summed E-state index contributed by atoms with van der Waals surface area (Å²) >= 11 is 1.19. The number of rotatable bonds is 7. The van der Waals surface area contributed by atoms with Crippen molar-refractivity contribution in [1.29, 1.82) is 0 Å². The van der Waals surface area contributed by atoms with Crippen LogP contribution in [0.1, 0.15) is 11.1 Å². The summed E-state index contributed by atoms with van der Waals surface area (Å²) in [7, 11) is 0. The van der Waals surface area contributed by atoms with E-state index in [1.807, 2.05) is 48.5 Å². The van der Waals surface area contributed by atoms with E-state index >= 15 is 0 Å². The lowest BCUT2D eigenvalue weighted by molar-refractivity contribution is -0.113. The molecule has 5 rings (SSSR count). The van der Waals surface area contributed by atoms with E-state index in [0.717, 1.165) is 23.2 Å². The first-order valence-corrected chi connectivity index (χ1v) is 11.0. The number of hydrogen-bond donors (Lipinski definition) is 1. The fourth-order valence-electron chi connectivity index (χ4n) is 3.34. The van der Waals surface area contributed by atoms with Crippen molar-refractivity contribution in [2.24, 2.45) is 0 Å². The average molecular weight is 446 g/mol. The van der Waals surface area contributed by atoms with Gasteiger partial charge in [-0.3, -0.25) is 4.79 Å². The molecule has 0 saturated heterocycles. The van der Waals surface area contributed by atoms with Gasteiger partial charge in [-0.05, 0) is 41.8 Å². The Morgan fingerprint density at radius 3 is 2.66 bits per heavy atom. The number of nitrogens with zero attached hydrogens (tertiary/aromatic N) is 2. The van der Waals surface area contributed by atoms with Crippen molar-refractivity contribution >= 4 is 23.4 Å². The van der Waals surface area contributed by atoms with Crippen molar-refractivity contribution < 1.29 is 18.7 Å². The minimum atomic E-state index is -0.140. The topological polar surface area (TPSA) is 86.5 Å². The maximum absolute atomic E-state index is 12.5. The number of carbonyl (C=O) groups excluding carboxylic acids is 1. The van der Waals surface area contributed by atoms with E-state index in [9.17, 15) is 4.79 Å². The Labute approximate surface area is 188 Å².